The Bertz CT molecular complexity index is 835. The quantitative estimate of drug-likeness (QED) is 0.726. The number of rotatable bonds is 6. The third-order valence-corrected chi connectivity index (χ3v) is 5.16. The van der Waals surface area contributed by atoms with Gasteiger partial charge in [0.25, 0.3) is 5.91 Å². The second-order valence-corrected chi connectivity index (χ2v) is 7.46. The molecular weight excluding hydrogens is 328 g/mol. The van der Waals surface area contributed by atoms with Crippen LogP contribution in [0.4, 0.5) is 0 Å². The first-order valence-electron chi connectivity index (χ1n) is 7.38. The second-order valence-electron chi connectivity index (χ2n) is 5.74. The van der Waals surface area contributed by atoms with Crippen molar-refractivity contribution < 1.29 is 18.3 Å². The molecule has 2 aromatic carbocycles. The van der Waals surface area contributed by atoms with E-state index in [2.05, 4.69) is 4.72 Å². The summed E-state index contributed by atoms with van der Waals surface area (Å²) >= 11 is 0. The van der Waals surface area contributed by atoms with E-state index in [1.54, 1.807) is 44.2 Å². The van der Waals surface area contributed by atoms with Crippen LogP contribution in [0, 0.1) is 0 Å². The topological polar surface area (TPSA) is 109 Å². The van der Waals surface area contributed by atoms with Gasteiger partial charge in [0.05, 0.1) is 4.90 Å². The molecule has 0 aliphatic carbocycles. The maximum Gasteiger partial charge on any atom is 0.258 e. The lowest BCUT2D eigenvalue weighted by molar-refractivity contribution is -0.133. The third kappa shape index (κ3) is 3.48. The van der Waals surface area contributed by atoms with Gasteiger partial charge in [0.1, 0.15) is 0 Å². The van der Waals surface area contributed by atoms with Gasteiger partial charge in [-0.25, -0.2) is 13.1 Å². The van der Waals surface area contributed by atoms with Crippen LogP contribution in [0.25, 0.3) is 0 Å². The van der Waals surface area contributed by atoms with Gasteiger partial charge in [-0.15, -0.1) is 0 Å². The number of sulfonamides is 1. The molecule has 0 spiro atoms. The number of aliphatic hydroxyl groups is 1. The Balaban J connectivity index is 2.59. The van der Waals surface area contributed by atoms with Crippen molar-refractivity contribution in [3.05, 3.63) is 65.7 Å². The molecule has 128 valence electrons. The summed E-state index contributed by atoms with van der Waals surface area (Å²) in [6.45, 7) is 3.40. The lowest BCUT2D eigenvalue weighted by atomic mass is 9.86. The second kappa shape index (κ2) is 6.72. The van der Waals surface area contributed by atoms with Gasteiger partial charge in [-0.1, -0.05) is 42.5 Å². The molecule has 0 fully saturated rings. The highest BCUT2D eigenvalue weighted by Crippen LogP contribution is 2.30. The summed E-state index contributed by atoms with van der Waals surface area (Å²) in [5.74, 6) is -0.986. The smallest absolute Gasteiger partial charge is 0.258 e. The van der Waals surface area contributed by atoms with Gasteiger partial charge >= 0.3 is 0 Å². The molecule has 1 unspecified atom stereocenters. The summed E-state index contributed by atoms with van der Waals surface area (Å²) in [7, 11) is -3.76. The minimum atomic E-state index is -3.76. The van der Waals surface area contributed by atoms with Crippen molar-refractivity contribution in [2.45, 2.75) is 30.4 Å². The fourth-order valence-electron chi connectivity index (χ4n) is 2.40. The molecule has 0 radical (unpaired) electrons. The molecular formula is C17H20N2O4S. The molecule has 1 atom stereocenters. The zero-order valence-electron chi connectivity index (χ0n) is 13.4. The van der Waals surface area contributed by atoms with Crippen LogP contribution in [0.15, 0.2) is 59.5 Å². The van der Waals surface area contributed by atoms with Crippen molar-refractivity contribution in [3.63, 3.8) is 0 Å². The zero-order chi connectivity index (χ0) is 18.0. The molecule has 24 heavy (non-hydrogen) atoms. The molecule has 6 nitrogen and oxygen atoms in total. The normalized spacial score (nSPS) is 14.3. The van der Waals surface area contributed by atoms with E-state index in [9.17, 15) is 18.3 Å². The Kier molecular flexibility index (Phi) is 5.08. The van der Waals surface area contributed by atoms with Crippen LogP contribution in [0.1, 0.15) is 25.0 Å². The van der Waals surface area contributed by atoms with Gasteiger partial charge < -0.3 is 10.8 Å². The summed E-state index contributed by atoms with van der Waals surface area (Å²) in [6.07, 6.45) is 0. The largest absolute Gasteiger partial charge is 0.372 e. The maximum absolute atomic E-state index is 12.3. The van der Waals surface area contributed by atoms with Gasteiger partial charge in [0.2, 0.25) is 10.0 Å². The van der Waals surface area contributed by atoms with Crippen molar-refractivity contribution in [2.75, 3.05) is 0 Å². The van der Waals surface area contributed by atoms with E-state index in [-0.39, 0.29) is 22.1 Å². The average molecular weight is 348 g/mol. The molecule has 0 bridgehead atoms. The van der Waals surface area contributed by atoms with E-state index in [0.717, 1.165) is 0 Å². The standard InChI is InChI=1S/C17H20N2O4S/c1-12(2)19-24(22,23)15-10-6-9-14(11-15)17(21,16(18)20)13-7-4-3-5-8-13/h3-12,19,21H,1-2H3,(H2,18,20). The van der Waals surface area contributed by atoms with E-state index in [1.807, 2.05) is 0 Å². The number of nitrogens with two attached hydrogens (primary N) is 1. The van der Waals surface area contributed by atoms with Crippen LogP contribution >= 0.6 is 0 Å². The first-order chi connectivity index (χ1) is 11.2. The fraction of sp³-hybridized carbons (Fsp3) is 0.235. The van der Waals surface area contributed by atoms with E-state index < -0.39 is 21.5 Å². The van der Waals surface area contributed by atoms with Crippen molar-refractivity contribution in [1.29, 1.82) is 0 Å². The number of nitrogens with one attached hydrogen (secondary N) is 1. The highest BCUT2D eigenvalue weighted by atomic mass is 32.2. The summed E-state index contributed by atoms with van der Waals surface area (Å²) in [4.78, 5) is 11.9. The van der Waals surface area contributed by atoms with Crippen LogP contribution < -0.4 is 10.5 Å². The minimum Gasteiger partial charge on any atom is -0.372 e. The highest BCUT2D eigenvalue weighted by molar-refractivity contribution is 7.89. The lowest BCUT2D eigenvalue weighted by Crippen LogP contribution is -2.42. The van der Waals surface area contributed by atoms with Crippen molar-refractivity contribution in [1.82, 2.24) is 4.72 Å². The third-order valence-electron chi connectivity index (χ3n) is 3.50. The van der Waals surface area contributed by atoms with Crippen molar-refractivity contribution in [2.24, 2.45) is 5.73 Å². The average Bonchev–Trinajstić information content (AvgIpc) is 2.53. The molecule has 4 N–H and O–H groups in total. The van der Waals surface area contributed by atoms with Gasteiger partial charge in [-0.3, -0.25) is 4.79 Å². The first kappa shape index (κ1) is 18.1. The van der Waals surface area contributed by atoms with Crippen LogP contribution in [-0.4, -0.2) is 25.5 Å². The first-order valence-corrected chi connectivity index (χ1v) is 8.87. The number of primary amides is 1. The lowest BCUT2D eigenvalue weighted by Gasteiger charge is -2.26. The van der Waals surface area contributed by atoms with Crippen LogP contribution in [0.3, 0.4) is 0 Å². The van der Waals surface area contributed by atoms with Gasteiger partial charge in [-0.2, -0.15) is 0 Å². The van der Waals surface area contributed by atoms with Gasteiger partial charge in [0.15, 0.2) is 5.60 Å². The number of hydrogen-bond acceptors (Lipinski definition) is 4. The number of carbonyl (C=O) groups is 1. The summed E-state index contributed by atoms with van der Waals surface area (Å²) < 4.78 is 27.1. The number of amides is 1. The van der Waals surface area contributed by atoms with Gasteiger partial charge in [-0.05, 0) is 37.1 Å². The number of carbonyl (C=O) groups excluding carboxylic acids is 1. The summed E-state index contributed by atoms with van der Waals surface area (Å²) in [5, 5.41) is 10.9. The predicted molar refractivity (Wildman–Crippen MR) is 90.5 cm³/mol. The summed E-state index contributed by atoms with van der Waals surface area (Å²) in [6, 6.07) is 13.4. The Morgan fingerprint density at radius 2 is 1.67 bits per heavy atom. The molecule has 0 saturated carbocycles. The SMILES string of the molecule is CC(C)NS(=O)(=O)c1cccc(C(O)(C(N)=O)c2ccccc2)c1. The molecule has 2 aromatic rings. The number of benzene rings is 2. The van der Waals surface area contributed by atoms with Crippen molar-refractivity contribution in [3.8, 4) is 0 Å². The van der Waals surface area contributed by atoms with Crippen LogP contribution in [-0.2, 0) is 20.4 Å². The van der Waals surface area contributed by atoms with E-state index in [0.29, 0.717) is 0 Å². The zero-order valence-corrected chi connectivity index (χ0v) is 14.2. The fourth-order valence-corrected chi connectivity index (χ4v) is 3.69. The van der Waals surface area contributed by atoms with Crippen LogP contribution in [0.5, 0.6) is 0 Å². The molecule has 0 aliphatic rings. The molecule has 2 rings (SSSR count). The molecule has 0 heterocycles. The molecule has 7 heteroatoms. The molecule has 0 aromatic heterocycles. The Hall–Kier alpha value is -2.22. The maximum atomic E-state index is 12.3. The molecule has 0 aliphatic heterocycles. The van der Waals surface area contributed by atoms with Crippen molar-refractivity contribution >= 4 is 15.9 Å². The van der Waals surface area contributed by atoms with Crippen LogP contribution in [0.2, 0.25) is 0 Å². The Morgan fingerprint density at radius 1 is 1.08 bits per heavy atom. The van der Waals surface area contributed by atoms with E-state index >= 15 is 0 Å². The Labute approximate surface area is 141 Å². The van der Waals surface area contributed by atoms with Gasteiger partial charge in [0, 0.05) is 6.04 Å². The van der Waals surface area contributed by atoms with E-state index in [4.69, 9.17) is 5.73 Å². The van der Waals surface area contributed by atoms with E-state index in [1.165, 1.54) is 24.3 Å². The Morgan fingerprint density at radius 3 is 2.21 bits per heavy atom. The number of hydrogen-bond donors (Lipinski definition) is 3. The highest BCUT2D eigenvalue weighted by Gasteiger charge is 2.38. The molecule has 0 saturated heterocycles. The summed E-state index contributed by atoms with van der Waals surface area (Å²) in [5.41, 5.74) is 3.66. The molecule has 1 amide bonds. The minimum absolute atomic E-state index is 0.0516. The predicted octanol–water partition coefficient (Wildman–Crippen LogP) is 1.09. The monoisotopic (exact) mass is 348 g/mol.